The standard InChI is InChI=1S/C16H15BrN4/c1-3-11-9(2)19-16(21-15(11)18)14-12(17)8-10-6-4-5-7-13(10)20-14/h4-8H,3H2,1-2H3,(H2,18,19,21). The molecule has 21 heavy (non-hydrogen) atoms. The van der Waals surface area contributed by atoms with Gasteiger partial charge in [0.15, 0.2) is 5.82 Å². The number of nitrogens with zero attached hydrogens (tertiary/aromatic N) is 3. The first-order chi connectivity index (χ1) is 10.1. The zero-order valence-corrected chi connectivity index (χ0v) is 13.5. The smallest absolute Gasteiger partial charge is 0.181 e. The predicted molar refractivity (Wildman–Crippen MR) is 89.0 cm³/mol. The molecule has 0 spiro atoms. The molecule has 0 saturated carbocycles. The number of fused-ring (bicyclic) bond motifs is 1. The lowest BCUT2D eigenvalue weighted by Gasteiger charge is -2.10. The van der Waals surface area contributed by atoms with Crippen molar-refractivity contribution in [1.29, 1.82) is 0 Å². The van der Waals surface area contributed by atoms with Gasteiger partial charge in [-0.2, -0.15) is 0 Å². The Morgan fingerprint density at radius 3 is 2.62 bits per heavy atom. The van der Waals surface area contributed by atoms with Crippen molar-refractivity contribution in [2.24, 2.45) is 0 Å². The molecule has 0 amide bonds. The van der Waals surface area contributed by atoms with Crippen LogP contribution >= 0.6 is 15.9 Å². The van der Waals surface area contributed by atoms with Crippen LogP contribution in [0.2, 0.25) is 0 Å². The van der Waals surface area contributed by atoms with Gasteiger partial charge in [-0.05, 0) is 41.4 Å². The minimum Gasteiger partial charge on any atom is -0.383 e. The van der Waals surface area contributed by atoms with Gasteiger partial charge in [0, 0.05) is 21.1 Å². The Morgan fingerprint density at radius 1 is 1.14 bits per heavy atom. The van der Waals surface area contributed by atoms with E-state index in [1.165, 1.54) is 0 Å². The molecule has 0 unspecified atom stereocenters. The van der Waals surface area contributed by atoms with Crippen LogP contribution in [0, 0.1) is 6.92 Å². The summed E-state index contributed by atoms with van der Waals surface area (Å²) in [6.45, 7) is 4.00. The Labute approximate surface area is 131 Å². The summed E-state index contributed by atoms with van der Waals surface area (Å²) in [5.74, 6) is 1.08. The Balaban J connectivity index is 2.22. The highest BCUT2D eigenvalue weighted by molar-refractivity contribution is 9.10. The average Bonchev–Trinajstić information content (AvgIpc) is 2.46. The Hall–Kier alpha value is -2.01. The summed E-state index contributed by atoms with van der Waals surface area (Å²) in [6, 6.07) is 9.98. The molecule has 2 aromatic heterocycles. The van der Waals surface area contributed by atoms with E-state index in [9.17, 15) is 0 Å². The second kappa shape index (κ2) is 5.41. The number of halogens is 1. The van der Waals surface area contributed by atoms with Crippen molar-refractivity contribution in [1.82, 2.24) is 15.0 Å². The monoisotopic (exact) mass is 342 g/mol. The van der Waals surface area contributed by atoms with Gasteiger partial charge in [-0.1, -0.05) is 25.1 Å². The summed E-state index contributed by atoms with van der Waals surface area (Å²) < 4.78 is 0.865. The van der Waals surface area contributed by atoms with Crippen LogP contribution in [0.25, 0.3) is 22.4 Å². The van der Waals surface area contributed by atoms with E-state index in [1.807, 2.05) is 44.2 Å². The molecule has 5 heteroatoms. The van der Waals surface area contributed by atoms with Gasteiger partial charge in [0.05, 0.1) is 5.52 Å². The molecule has 1 aromatic carbocycles. The number of rotatable bonds is 2. The van der Waals surface area contributed by atoms with E-state index in [0.717, 1.165) is 33.1 Å². The maximum atomic E-state index is 6.04. The topological polar surface area (TPSA) is 64.7 Å². The maximum absolute atomic E-state index is 6.04. The molecule has 0 radical (unpaired) electrons. The molecular formula is C16H15BrN4. The number of aromatic nitrogens is 3. The lowest BCUT2D eigenvalue weighted by molar-refractivity contribution is 1.00. The molecule has 0 fully saturated rings. The van der Waals surface area contributed by atoms with Gasteiger partial charge < -0.3 is 5.73 Å². The van der Waals surface area contributed by atoms with Crippen molar-refractivity contribution in [2.75, 3.05) is 5.73 Å². The summed E-state index contributed by atoms with van der Waals surface area (Å²) >= 11 is 3.56. The lowest BCUT2D eigenvalue weighted by Crippen LogP contribution is -2.05. The molecule has 106 valence electrons. The number of pyridine rings is 1. The number of hydrogen-bond acceptors (Lipinski definition) is 4. The van der Waals surface area contributed by atoms with Crippen LogP contribution in [0.15, 0.2) is 34.8 Å². The molecule has 0 aliphatic heterocycles. The Kier molecular flexibility index (Phi) is 3.59. The van der Waals surface area contributed by atoms with Crippen LogP contribution in [0.4, 0.5) is 5.82 Å². The fourth-order valence-electron chi connectivity index (χ4n) is 2.41. The highest BCUT2D eigenvalue weighted by Crippen LogP contribution is 2.29. The van der Waals surface area contributed by atoms with E-state index < -0.39 is 0 Å². The molecule has 0 saturated heterocycles. The first-order valence-electron chi connectivity index (χ1n) is 6.78. The highest BCUT2D eigenvalue weighted by atomic mass is 79.9. The molecule has 2 N–H and O–H groups in total. The fourth-order valence-corrected chi connectivity index (χ4v) is 2.92. The highest BCUT2D eigenvalue weighted by Gasteiger charge is 2.14. The third-order valence-electron chi connectivity index (χ3n) is 3.49. The van der Waals surface area contributed by atoms with Crippen LogP contribution in [-0.2, 0) is 6.42 Å². The van der Waals surface area contributed by atoms with Gasteiger partial charge in [0.2, 0.25) is 0 Å². The third kappa shape index (κ3) is 2.49. The first-order valence-corrected chi connectivity index (χ1v) is 7.58. The summed E-state index contributed by atoms with van der Waals surface area (Å²) in [5, 5.41) is 1.07. The average molecular weight is 343 g/mol. The van der Waals surface area contributed by atoms with Crippen molar-refractivity contribution in [3.8, 4) is 11.5 Å². The van der Waals surface area contributed by atoms with E-state index >= 15 is 0 Å². The van der Waals surface area contributed by atoms with E-state index in [0.29, 0.717) is 17.3 Å². The number of hydrogen-bond donors (Lipinski definition) is 1. The number of nitrogens with two attached hydrogens (primary N) is 1. The summed E-state index contributed by atoms with van der Waals surface area (Å²) in [7, 11) is 0. The second-order valence-electron chi connectivity index (χ2n) is 4.86. The quantitative estimate of drug-likeness (QED) is 0.766. The van der Waals surface area contributed by atoms with Crippen molar-refractivity contribution in [3.63, 3.8) is 0 Å². The molecular weight excluding hydrogens is 328 g/mol. The maximum Gasteiger partial charge on any atom is 0.181 e. The predicted octanol–water partition coefficient (Wildman–Crippen LogP) is 3.91. The fraction of sp³-hybridized carbons (Fsp3) is 0.188. The van der Waals surface area contributed by atoms with Crippen molar-refractivity contribution in [3.05, 3.63) is 46.1 Å². The third-order valence-corrected chi connectivity index (χ3v) is 4.09. The Bertz CT molecular complexity index is 807. The number of benzene rings is 1. The largest absolute Gasteiger partial charge is 0.383 e. The zero-order valence-electron chi connectivity index (χ0n) is 11.9. The number of aryl methyl sites for hydroxylation is 1. The molecule has 0 atom stereocenters. The van der Waals surface area contributed by atoms with Gasteiger partial charge in [0.25, 0.3) is 0 Å². The Morgan fingerprint density at radius 2 is 1.90 bits per heavy atom. The van der Waals surface area contributed by atoms with Gasteiger partial charge in [-0.3, -0.25) is 0 Å². The van der Waals surface area contributed by atoms with E-state index in [-0.39, 0.29) is 0 Å². The van der Waals surface area contributed by atoms with Crippen molar-refractivity contribution >= 4 is 32.7 Å². The van der Waals surface area contributed by atoms with Gasteiger partial charge in [-0.25, -0.2) is 15.0 Å². The van der Waals surface area contributed by atoms with Gasteiger partial charge in [0.1, 0.15) is 11.5 Å². The molecule has 2 heterocycles. The summed E-state index contributed by atoms with van der Waals surface area (Å²) in [4.78, 5) is 13.6. The molecule has 3 aromatic rings. The van der Waals surface area contributed by atoms with Gasteiger partial charge in [-0.15, -0.1) is 0 Å². The minimum absolute atomic E-state index is 0.529. The number of para-hydroxylation sites is 1. The normalized spacial score (nSPS) is 11.0. The molecule has 0 aliphatic carbocycles. The van der Waals surface area contributed by atoms with Crippen molar-refractivity contribution < 1.29 is 0 Å². The SMILES string of the molecule is CCc1c(C)nc(-c2nc3ccccc3cc2Br)nc1N. The van der Waals surface area contributed by atoms with Crippen LogP contribution in [0.1, 0.15) is 18.2 Å². The molecule has 0 aliphatic rings. The van der Waals surface area contributed by atoms with Crippen LogP contribution in [-0.4, -0.2) is 15.0 Å². The van der Waals surface area contributed by atoms with E-state index in [4.69, 9.17) is 5.73 Å². The summed E-state index contributed by atoms with van der Waals surface area (Å²) in [6.07, 6.45) is 0.824. The van der Waals surface area contributed by atoms with Crippen LogP contribution < -0.4 is 5.73 Å². The summed E-state index contributed by atoms with van der Waals surface area (Å²) in [5.41, 5.74) is 9.57. The number of nitrogen functional groups attached to an aromatic ring is 1. The van der Waals surface area contributed by atoms with E-state index in [1.54, 1.807) is 0 Å². The molecule has 4 nitrogen and oxygen atoms in total. The zero-order chi connectivity index (χ0) is 15.0. The molecule has 3 rings (SSSR count). The van der Waals surface area contributed by atoms with Crippen molar-refractivity contribution in [2.45, 2.75) is 20.3 Å². The molecule has 0 bridgehead atoms. The second-order valence-corrected chi connectivity index (χ2v) is 5.72. The lowest BCUT2D eigenvalue weighted by atomic mass is 10.1. The minimum atomic E-state index is 0.529. The van der Waals surface area contributed by atoms with E-state index in [2.05, 4.69) is 30.9 Å². The van der Waals surface area contributed by atoms with Crippen LogP contribution in [0.5, 0.6) is 0 Å². The van der Waals surface area contributed by atoms with Crippen LogP contribution in [0.3, 0.4) is 0 Å². The number of anilines is 1. The van der Waals surface area contributed by atoms with Gasteiger partial charge >= 0.3 is 0 Å². The first kappa shape index (κ1) is 13.9.